The van der Waals surface area contributed by atoms with Crippen LogP contribution in [0.3, 0.4) is 0 Å². The van der Waals surface area contributed by atoms with Crippen LogP contribution in [0.25, 0.3) is 0 Å². The zero-order valence-corrected chi connectivity index (χ0v) is 3.79. The van der Waals surface area contributed by atoms with E-state index in [9.17, 15) is 0 Å². The summed E-state index contributed by atoms with van der Waals surface area (Å²) in [6.45, 7) is 4.15. The smallest absolute Gasteiger partial charge is 0.0466 e. The fourth-order valence-electron chi connectivity index (χ4n) is 0. The van der Waals surface area contributed by atoms with Crippen molar-refractivity contribution in [1.82, 2.24) is 0 Å². The Morgan fingerprint density at radius 2 is 1.75 bits per heavy atom. The normalized spacial score (nSPS) is 4.50. The van der Waals surface area contributed by atoms with Crippen LogP contribution in [-0.4, -0.2) is 11.7 Å². The number of hydrogen-bond donors (Lipinski definition) is 1. The first-order valence-corrected chi connectivity index (χ1v) is 0.724. The van der Waals surface area contributed by atoms with Crippen LogP contribution >= 0.6 is 0 Å². The molecule has 0 aromatic rings. The third kappa shape index (κ3) is 16.5. The van der Waals surface area contributed by atoms with E-state index in [1.807, 2.05) is 0 Å². The fraction of sp³-hybridized carbons (Fsp3) is 0.500. The molecule has 0 spiro atoms. The van der Waals surface area contributed by atoms with Crippen LogP contribution in [0.5, 0.6) is 0 Å². The van der Waals surface area contributed by atoms with E-state index in [2.05, 4.69) is 6.92 Å². The third-order valence-electron chi connectivity index (χ3n) is 0. The summed E-state index contributed by atoms with van der Waals surface area (Å²) in [5, 5.41) is 7.35. The average Bonchev–Trinajstić information content (AvgIpc) is 0.918. The Morgan fingerprint density at radius 1 is 1.75 bits per heavy atom. The maximum Gasteiger partial charge on any atom is 0.0466 e. The summed E-state index contributed by atoms with van der Waals surface area (Å²) < 4.78 is 0. The van der Waals surface area contributed by atoms with Gasteiger partial charge in [0.15, 0.2) is 0 Å². The van der Waals surface area contributed by atoms with Gasteiger partial charge in [-0.2, -0.15) is 0 Å². The monoisotopic (exact) mass is 92.0 g/mol. The SMILES string of the molecule is [CH]CO.[Ti]. The van der Waals surface area contributed by atoms with Gasteiger partial charge in [0, 0.05) is 28.3 Å². The number of aliphatic hydroxyl groups excluding tert-OH is 1. The van der Waals surface area contributed by atoms with E-state index in [-0.39, 0.29) is 28.3 Å². The molecule has 0 fully saturated rings. The summed E-state index contributed by atoms with van der Waals surface area (Å²) in [6, 6.07) is 0. The van der Waals surface area contributed by atoms with Gasteiger partial charge in [0.25, 0.3) is 0 Å². The average molecular weight is 91.9 g/mol. The van der Waals surface area contributed by atoms with Gasteiger partial charge < -0.3 is 5.11 Å². The molecule has 0 aliphatic heterocycles. The van der Waals surface area contributed by atoms with Gasteiger partial charge in [0.1, 0.15) is 0 Å². The fourth-order valence-corrected chi connectivity index (χ4v) is 0. The van der Waals surface area contributed by atoms with Crippen molar-refractivity contribution in [2.24, 2.45) is 0 Å². The minimum absolute atomic E-state index is 0. The molecule has 0 bridgehead atoms. The molecule has 22 valence electrons. The third-order valence-corrected chi connectivity index (χ3v) is 0. The first kappa shape index (κ1) is 8.82. The minimum atomic E-state index is -0.250. The van der Waals surface area contributed by atoms with E-state index < -0.39 is 0 Å². The maximum atomic E-state index is 7.35. The molecule has 0 aliphatic carbocycles. The molecule has 0 saturated carbocycles. The van der Waals surface area contributed by atoms with Gasteiger partial charge in [0.2, 0.25) is 0 Å². The Labute approximate surface area is 40.9 Å². The van der Waals surface area contributed by atoms with E-state index in [1.54, 1.807) is 0 Å². The predicted molar refractivity (Wildman–Crippen MR) is 11.4 cm³/mol. The summed E-state index contributed by atoms with van der Waals surface area (Å²) in [7, 11) is 0. The summed E-state index contributed by atoms with van der Waals surface area (Å²) in [6.07, 6.45) is 0. The number of aliphatic hydroxyl groups is 1. The summed E-state index contributed by atoms with van der Waals surface area (Å²) >= 11 is 0. The molecule has 2 heteroatoms. The largest absolute Gasteiger partial charge is 0.396 e. The Balaban J connectivity index is 0. The predicted octanol–water partition coefficient (Wildman–Crippen LogP) is -0.313. The molecular formula is C2H4OTi. The van der Waals surface area contributed by atoms with E-state index >= 15 is 0 Å². The van der Waals surface area contributed by atoms with Gasteiger partial charge in [0.05, 0.1) is 0 Å². The molecule has 4 heavy (non-hydrogen) atoms. The van der Waals surface area contributed by atoms with Crippen molar-refractivity contribution in [3.8, 4) is 0 Å². The van der Waals surface area contributed by atoms with Gasteiger partial charge in [-0.3, -0.25) is 0 Å². The van der Waals surface area contributed by atoms with Crippen LogP contribution in [0, 0.1) is 6.92 Å². The molecule has 0 rings (SSSR count). The van der Waals surface area contributed by atoms with Crippen molar-refractivity contribution in [2.45, 2.75) is 0 Å². The van der Waals surface area contributed by atoms with Gasteiger partial charge in [-0.1, -0.05) is 0 Å². The zero-order valence-electron chi connectivity index (χ0n) is 2.23. The summed E-state index contributed by atoms with van der Waals surface area (Å²) in [4.78, 5) is 0. The molecular weight excluding hydrogens is 87.9 g/mol. The van der Waals surface area contributed by atoms with Crippen molar-refractivity contribution < 1.29 is 26.8 Å². The Morgan fingerprint density at radius 3 is 1.75 bits per heavy atom. The quantitative estimate of drug-likeness (QED) is 0.406. The van der Waals surface area contributed by atoms with Gasteiger partial charge in [-0.15, -0.1) is 0 Å². The van der Waals surface area contributed by atoms with Crippen molar-refractivity contribution in [1.29, 1.82) is 0 Å². The van der Waals surface area contributed by atoms with Crippen molar-refractivity contribution >= 4 is 0 Å². The van der Waals surface area contributed by atoms with Gasteiger partial charge in [-0.05, 0) is 6.92 Å². The van der Waals surface area contributed by atoms with Crippen LogP contribution in [-0.2, 0) is 21.7 Å². The molecule has 0 saturated heterocycles. The van der Waals surface area contributed by atoms with E-state index in [4.69, 9.17) is 5.11 Å². The second-order valence-electron chi connectivity index (χ2n) is 0.183. The van der Waals surface area contributed by atoms with E-state index in [0.717, 1.165) is 0 Å². The molecule has 0 aromatic heterocycles. The Kier molecular flexibility index (Phi) is 20.7. The summed E-state index contributed by atoms with van der Waals surface area (Å²) in [5.74, 6) is 0. The van der Waals surface area contributed by atoms with Crippen LogP contribution in [0.1, 0.15) is 0 Å². The van der Waals surface area contributed by atoms with E-state index in [0.29, 0.717) is 0 Å². The number of rotatable bonds is 0. The van der Waals surface area contributed by atoms with Crippen molar-refractivity contribution in [3.05, 3.63) is 6.92 Å². The standard InChI is InChI=1S/C2H4O.Ti/c1-2-3;/h1,3H,2H2;. The van der Waals surface area contributed by atoms with Gasteiger partial charge >= 0.3 is 0 Å². The first-order valence-electron chi connectivity index (χ1n) is 0.724. The first-order chi connectivity index (χ1) is 1.41. The second-order valence-corrected chi connectivity index (χ2v) is 0.183. The molecule has 1 nitrogen and oxygen atoms in total. The van der Waals surface area contributed by atoms with Crippen LogP contribution in [0.2, 0.25) is 0 Å². The molecule has 0 aromatic carbocycles. The Bertz CT molecular complexity index is 6.00. The molecule has 0 atom stereocenters. The molecule has 0 aliphatic rings. The van der Waals surface area contributed by atoms with Crippen molar-refractivity contribution in [2.75, 3.05) is 6.61 Å². The van der Waals surface area contributed by atoms with Crippen molar-refractivity contribution in [3.63, 3.8) is 0 Å². The maximum absolute atomic E-state index is 7.35. The number of hydrogen-bond acceptors (Lipinski definition) is 1. The van der Waals surface area contributed by atoms with Crippen LogP contribution in [0.4, 0.5) is 0 Å². The zero-order chi connectivity index (χ0) is 2.71. The molecule has 2 radical (unpaired) electrons. The summed E-state index contributed by atoms with van der Waals surface area (Å²) in [5.41, 5.74) is 0. The van der Waals surface area contributed by atoms with Crippen LogP contribution in [0.15, 0.2) is 0 Å². The Hall–Kier alpha value is 0.674. The van der Waals surface area contributed by atoms with Gasteiger partial charge in [-0.25, -0.2) is 0 Å². The van der Waals surface area contributed by atoms with E-state index in [1.165, 1.54) is 0 Å². The molecule has 0 amide bonds. The molecule has 0 unspecified atom stereocenters. The molecule has 0 heterocycles. The topological polar surface area (TPSA) is 20.2 Å². The second kappa shape index (κ2) is 9.37. The molecule has 1 N–H and O–H groups in total. The van der Waals surface area contributed by atoms with Crippen LogP contribution < -0.4 is 0 Å². The minimum Gasteiger partial charge on any atom is -0.396 e.